The lowest BCUT2D eigenvalue weighted by molar-refractivity contribution is -0.384. The number of amides is 1. The molecule has 8 heteroatoms. The zero-order chi connectivity index (χ0) is 16.9. The summed E-state index contributed by atoms with van der Waals surface area (Å²) in [4.78, 5) is 27.3. The number of non-ortho nitro benzene ring substituents is 1. The van der Waals surface area contributed by atoms with Crippen molar-refractivity contribution in [2.24, 2.45) is 0 Å². The Bertz CT molecular complexity index is 842. The van der Waals surface area contributed by atoms with Crippen molar-refractivity contribution < 1.29 is 9.72 Å². The molecule has 0 aliphatic heterocycles. The normalized spacial score (nSPS) is 10.5. The van der Waals surface area contributed by atoms with Gasteiger partial charge in [-0.3, -0.25) is 14.9 Å². The summed E-state index contributed by atoms with van der Waals surface area (Å²) in [5.41, 5.74) is 1.69. The molecule has 0 aliphatic carbocycles. The van der Waals surface area contributed by atoms with Gasteiger partial charge in [-0.2, -0.15) is 0 Å². The van der Waals surface area contributed by atoms with Crippen molar-refractivity contribution in [1.82, 2.24) is 10.3 Å². The molecular weight excluding hydrogens is 346 g/mol. The topological polar surface area (TPSA) is 85.1 Å². The number of thiazole rings is 1. The molecule has 0 fully saturated rings. The van der Waals surface area contributed by atoms with Crippen molar-refractivity contribution >= 4 is 34.3 Å². The van der Waals surface area contributed by atoms with Gasteiger partial charge in [0, 0.05) is 36.0 Å². The van der Waals surface area contributed by atoms with Crippen LogP contribution in [0.15, 0.2) is 47.2 Å². The number of hydrogen-bond donors (Lipinski definition) is 1. The molecule has 122 valence electrons. The molecule has 1 amide bonds. The lowest BCUT2D eigenvalue weighted by atomic mass is 10.1. The molecule has 1 N–H and O–H groups in total. The summed E-state index contributed by atoms with van der Waals surface area (Å²) in [6, 6.07) is 9.95. The molecule has 2 aromatic heterocycles. The van der Waals surface area contributed by atoms with Crippen LogP contribution in [0.5, 0.6) is 0 Å². The van der Waals surface area contributed by atoms with Gasteiger partial charge in [-0.25, -0.2) is 4.98 Å². The molecule has 3 rings (SSSR count). The summed E-state index contributed by atoms with van der Waals surface area (Å²) in [6.45, 7) is 0.518. The van der Waals surface area contributed by atoms with Crippen LogP contribution >= 0.6 is 22.7 Å². The van der Waals surface area contributed by atoms with E-state index in [1.165, 1.54) is 34.8 Å². The summed E-state index contributed by atoms with van der Waals surface area (Å²) < 4.78 is 0. The number of nitrogens with one attached hydrogen (secondary N) is 1. The monoisotopic (exact) mass is 359 g/mol. The van der Waals surface area contributed by atoms with E-state index in [0.717, 1.165) is 16.3 Å². The highest BCUT2D eigenvalue weighted by molar-refractivity contribution is 7.12. The number of carbonyl (C=O) groups is 1. The van der Waals surface area contributed by atoms with Crippen LogP contribution in [0.1, 0.15) is 14.7 Å². The number of aromatic nitrogens is 1. The Morgan fingerprint density at radius 3 is 2.67 bits per heavy atom. The van der Waals surface area contributed by atoms with Crippen LogP contribution in [-0.4, -0.2) is 22.4 Å². The second-order valence-corrected chi connectivity index (χ2v) is 6.80. The lowest BCUT2D eigenvalue weighted by Crippen LogP contribution is -2.24. The van der Waals surface area contributed by atoms with Crippen molar-refractivity contribution in [2.45, 2.75) is 6.42 Å². The van der Waals surface area contributed by atoms with Crippen molar-refractivity contribution in [3.63, 3.8) is 0 Å². The maximum atomic E-state index is 11.8. The van der Waals surface area contributed by atoms with Gasteiger partial charge in [-0.15, -0.1) is 22.7 Å². The molecule has 1 aromatic carbocycles. The van der Waals surface area contributed by atoms with Crippen LogP contribution in [0.2, 0.25) is 0 Å². The van der Waals surface area contributed by atoms with Crippen LogP contribution in [-0.2, 0) is 6.42 Å². The van der Waals surface area contributed by atoms with Gasteiger partial charge in [0.15, 0.2) is 0 Å². The average Bonchev–Trinajstić information content (AvgIpc) is 3.27. The fraction of sp³-hybridized carbons (Fsp3) is 0.125. The van der Waals surface area contributed by atoms with E-state index < -0.39 is 4.92 Å². The number of nitrogens with zero attached hydrogens (tertiary/aromatic N) is 2. The molecule has 0 aliphatic rings. The molecule has 0 radical (unpaired) electrons. The summed E-state index contributed by atoms with van der Waals surface area (Å²) in [5.74, 6) is -0.0721. The maximum Gasteiger partial charge on any atom is 0.269 e. The van der Waals surface area contributed by atoms with Crippen LogP contribution in [0.25, 0.3) is 11.3 Å². The van der Waals surface area contributed by atoms with Crippen molar-refractivity contribution in [2.75, 3.05) is 6.54 Å². The predicted octanol–water partition coefficient (Wildman–Crippen LogP) is 3.75. The Labute approximate surface area is 146 Å². The van der Waals surface area contributed by atoms with Gasteiger partial charge in [0.2, 0.25) is 0 Å². The van der Waals surface area contributed by atoms with E-state index in [2.05, 4.69) is 10.3 Å². The van der Waals surface area contributed by atoms with Gasteiger partial charge in [0.25, 0.3) is 11.6 Å². The second-order valence-electron chi connectivity index (χ2n) is 4.91. The fourth-order valence-corrected chi connectivity index (χ4v) is 3.54. The molecule has 24 heavy (non-hydrogen) atoms. The number of hydrogen-bond acceptors (Lipinski definition) is 6. The highest BCUT2D eigenvalue weighted by atomic mass is 32.1. The Morgan fingerprint density at radius 1 is 1.21 bits per heavy atom. The summed E-state index contributed by atoms with van der Waals surface area (Å²) in [5, 5.41) is 18.2. The molecule has 6 nitrogen and oxygen atoms in total. The van der Waals surface area contributed by atoms with E-state index in [0.29, 0.717) is 17.8 Å². The van der Waals surface area contributed by atoms with E-state index in [4.69, 9.17) is 0 Å². The molecular formula is C16H13N3O3S2. The Balaban J connectivity index is 1.57. The van der Waals surface area contributed by atoms with Gasteiger partial charge in [-0.05, 0) is 23.6 Å². The van der Waals surface area contributed by atoms with Crippen molar-refractivity contribution in [3.8, 4) is 11.3 Å². The number of nitro benzene ring substituents is 1. The third-order valence-corrected chi connectivity index (χ3v) is 5.07. The van der Waals surface area contributed by atoms with Crippen molar-refractivity contribution in [1.29, 1.82) is 0 Å². The average molecular weight is 359 g/mol. The number of rotatable bonds is 6. The SMILES string of the molecule is O=C(NCCc1nc(-c2ccc([N+](=O)[O-])cc2)cs1)c1cccs1. The largest absolute Gasteiger partial charge is 0.351 e. The molecule has 3 aromatic rings. The van der Waals surface area contributed by atoms with Gasteiger partial charge >= 0.3 is 0 Å². The fourth-order valence-electron chi connectivity index (χ4n) is 2.09. The quantitative estimate of drug-likeness (QED) is 0.536. The van der Waals surface area contributed by atoms with Crippen molar-refractivity contribution in [3.05, 3.63) is 67.2 Å². The maximum absolute atomic E-state index is 11.8. The first-order valence-corrected chi connectivity index (χ1v) is 8.90. The van der Waals surface area contributed by atoms with E-state index in [9.17, 15) is 14.9 Å². The van der Waals surface area contributed by atoms with Gasteiger partial charge in [0.1, 0.15) is 0 Å². The Hall–Kier alpha value is -2.58. The number of thiophene rings is 1. The minimum absolute atomic E-state index is 0.0606. The van der Waals surface area contributed by atoms with Crippen LogP contribution in [0.4, 0.5) is 5.69 Å². The summed E-state index contributed by atoms with van der Waals surface area (Å²) >= 11 is 2.92. The molecule has 0 unspecified atom stereocenters. The van der Waals surface area contributed by atoms with Crippen LogP contribution < -0.4 is 5.32 Å². The van der Waals surface area contributed by atoms with Gasteiger partial charge in [0.05, 0.1) is 20.5 Å². The minimum Gasteiger partial charge on any atom is -0.351 e. The zero-order valence-corrected chi connectivity index (χ0v) is 14.1. The molecule has 0 saturated carbocycles. The zero-order valence-electron chi connectivity index (χ0n) is 12.5. The summed E-state index contributed by atoms with van der Waals surface area (Å²) in [7, 11) is 0. The molecule has 0 saturated heterocycles. The highest BCUT2D eigenvalue weighted by Gasteiger charge is 2.09. The predicted molar refractivity (Wildman–Crippen MR) is 94.6 cm³/mol. The molecule has 0 bridgehead atoms. The molecule has 0 spiro atoms. The highest BCUT2D eigenvalue weighted by Crippen LogP contribution is 2.24. The lowest BCUT2D eigenvalue weighted by Gasteiger charge is -2.01. The van der Waals surface area contributed by atoms with Crippen LogP contribution in [0, 0.1) is 10.1 Å². The second kappa shape index (κ2) is 7.33. The van der Waals surface area contributed by atoms with Crippen LogP contribution in [0.3, 0.4) is 0 Å². The number of nitro groups is 1. The third kappa shape index (κ3) is 3.84. The summed E-state index contributed by atoms with van der Waals surface area (Å²) in [6.07, 6.45) is 0.648. The van der Waals surface area contributed by atoms with Gasteiger partial charge < -0.3 is 5.32 Å². The Kier molecular flexibility index (Phi) is 4.97. The van der Waals surface area contributed by atoms with E-state index in [-0.39, 0.29) is 11.6 Å². The van der Waals surface area contributed by atoms with E-state index >= 15 is 0 Å². The van der Waals surface area contributed by atoms with E-state index in [1.54, 1.807) is 18.2 Å². The van der Waals surface area contributed by atoms with Gasteiger partial charge in [-0.1, -0.05) is 6.07 Å². The first-order valence-electron chi connectivity index (χ1n) is 7.14. The minimum atomic E-state index is -0.424. The number of benzene rings is 1. The Morgan fingerprint density at radius 2 is 2.00 bits per heavy atom. The smallest absolute Gasteiger partial charge is 0.269 e. The molecule has 0 atom stereocenters. The molecule has 2 heterocycles. The third-order valence-electron chi connectivity index (χ3n) is 3.30. The van der Waals surface area contributed by atoms with E-state index in [1.807, 2.05) is 16.8 Å². The number of carbonyl (C=O) groups excluding carboxylic acids is 1. The first kappa shape index (κ1) is 16.3. The first-order chi connectivity index (χ1) is 11.6. The standard InChI is InChI=1S/C16H13N3O3S2/c20-16(14-2-1-9-23-14)17-8-7-15-18-13(10-24-15)11-3-5-12(6-4-11)19(21)22/h1-6,9-10H,7-8H2,(H,17,20).